The van der Waals surface area contributed by atoms with E-state index in [0.717, 1.165) is 4.47 Å². The molecule has 1 amide bonds. The summed E-state index contributed by atoms with van der Waals surface area (Å²) in [5.74, 6) is -1.05. The lowest BCUT2D eigenvalue weighted by Crippen LogP contribution is -2.29. The van der Waals surface area contributed by atoms with Gasteiger partial charge < -0.3 is 9.84 Å². The molecule has 0 bridgehead atoms. The van der Waals surface area contributed by atoms with Crippen LogP contribution in [0.25, 0.3) is 5.76 Å². The van der Waals surface area contributed by atoms with E-state index >= 15 is 0 Å². The van der Waals surface area contributed by atoms with Crippen LogP contribution >= 0.6 is 15.9 Å². The summed E-state index contributed by atoms with van der Waals surface area (Å²) in [4.78, 5) is 31.4. The van der Waals surface area contributed by atoms with Gasteiger partial charge in [0.1, 0.15) is 11.5 Å². The summed E-state index contributed by atoms with van der Waals surface area (Å²) in [6.07, 6.45) is 3.10. The highest BCUT2D eigenvalue weighted by atomic mass is 79.9. The molecular formula is C23H17BrN2O4. The lowest BCUT2D eigenvalue weighted by molar-refractivity contribution is -0.132. The SMILES string of the molecule is COc1ccc(C2C(=C(O)c3ccc(Br)cc3)C(=O)C(=O)N2c2cccnc2)cc1. The summed E-state index contributed by atoms with van der Waals surface area (Å²) in [6.45, 7) is 0. The van der Waals surface area contributed by atoms with Crippen LogP contribution in [0.3, 0.4) is 0 Å². The Bertz CT molecular complexity index is 1130. The second-order valence-corrected chi connectivity index (χ2v) is 7.58. The largest absolute Gasteiger partial charge is 0.507 e. The molecule has 1 saturated heterocycles. The normalized spacial score (nSPS) is 17.9. The van der Waals surface area contributed by atoms with E-state index in [9.17, 15) is 14.7 Å². The van der Waals surface area contributed by atoms with Crippen LogP contribution in [0.15, 0.2) is 83.1 Å². The third-order valence-corrected chi connectivity index (χ3v) is 5.45. The van der Waals surface area contributed by atoms with Crippen molar-refractivity contribution in [1.82, 2.24) is 4.98 Å². The monoisotopic (exact) mass is 464 g/mol. The lowest BCUT2D eigenvalue weighted by atomic mass is 9.95. The number of aliphatic hydroxyl groups is 1. The minimum atomic E-state index is -0.802. The molecule has 1 unspecified atom stereocenters. The zero-order valence-electron chi connectivity index (χ0n) is 15.9. The molecule has 1 fully saturated rings. The molecular weight excluding hydrogens is 448 g/mol. The smallest absolute Gasteiger partial charge is 0.300 e. The van der Waals surface area contributed by atoms with E-state index in [1.807, 2.05) is 0 Å². The van der Waals surface area contributed by atoms with Gasteiger partial charge in [0.05, 0.1) is 30.6 Å². The molecule has 4 rings (SSSR count). The van der Waals surface area contributed by atoms with Crippen molar-refractivity contribution in [3.05, 3.63) is 94.2 Å². The third kappa shape index (κ3) is 3.48. The van der Waals surface area contributed by atoms with Crippen molar-refractivity contribution in [2.24, 2.45) is 0 Å². The first-order chi connectivity index (χ1) is 14.5. The number of ketones is 1. The maximum absolute atomic E-state index is 13.0. The molecule has 1 N–H and O–H groups in total. The predicted molar refractivity (Wildman–Crippen MR) is 116 cm³/mol. The number of aliphatic hydroxyl groups excluding tert-OH is 1. The highest BCUT2D eigenvalue weighted by molar-refractivity contribution is 9.10. The molecule has 1 aliphatic heterocycles. The Labute approximate surface area is 181 Å². The second-order valence-electron chi connectivity index (χ2n) is 6.66. The van der Waals surface area contributed by atoms with Crippen LogP contribution in [0, 0.1) is 0 Å². The van der Waals surface area contributed by atoms with Crippen LogP contribution in [0.2, 0.25) is 0 Å². The van der Waals surface area contributed by atoms with Gasteiger partial charge in [-0.15, -0.1) is 0 Å². The van der Waals surface area contributed by atoms with Crippen LogP contribution in [-0.4, -0.2) is 28.9 Å². The Morgan fingerprint density at radius 2 is 1.77 bits per heavy atom. The summed E-state index contributed by atoms with van der Waals surface area (Å²) < 4.78 is 6.05. The number of carbonyl (C=O) groups is 2. The Balaban J connectivity index is 1.92. The molecule has 0 saturated carbocycles. The summed E-state index contributed by atoms with van der Waals surface area (Å²) >= 11 is 3.36. The minimum Gasteiger partial charge on any atom is -0.507 e. The number of pyridine rings is 1. The molecule has 30 heavy (non-hydrogen) atoms. The van der Waals surface area contributed by atoms with E-state index in [-0.39, 0.29) is 11.3 Å². The topological polar surface area (TPSA) is 79.7 Å². The first kappa shape index (κ1) is 19.8. The molecule has 150 valence electrons. The average molecular weight is 465 g/mol. The Kier molecular flexibility index (Phi) is 5.37. The first-order valence-corrected chi connectivity index (χ1v) is 9.91. The van der Waals surface area contributed by atoms with Gasteiger partial charge in [-0.3, -0.25) is 19.5 Å². The van der Waals surface area contributed by atoms with E-state index in [1.54, 1.807) is 74.0 Å². The molecule has 1 atom stereocenters. The molecule has 7 heteroatoms. The lowest BCUT2D eigenvalue weighted by Gasteiger charge is -2.25. The summed E-state index contributed by atoms with van der Waals surface area (Å²) in [6, 6.07) is 16.5. The number of hydrogen-bond donors (Lipinski definition) is 1. The molecule has 2 aromatic carbocycles. The predicted octanol–water partition coefficient (Wildman–Crippen LogP) is 4.48. The number of rotatable bonds is 4. The molecule has 6 nitrogen and oxygen atoms in total. The van der Waals surface area contributed by atoms with Gasteiger partial charge in [0.15, 0.2) is 0 Å². The second kappa shape index (κ2) is 8.12. The molecule has 3 aromatic rings. The first-order valence-electron chi connectivity index (χ1n) is 9.12. The van der Waals surface area contributed by atoms with E-state index in [1.165, 1.54) is 11.1 Å². The zero-order valence-corrected chi connectivity index (χ0v) is 17.5. The molecule has 0 spiro atoms. The number of nitrogens with zero attached hydrogens (tertiary/aromatic N) is 2. The molecule has 2 heterocycles. The summed E-state index contributed by atoms with van der Waals surface area (Å²) in [7, 11) is 1.56. The molecule has 0 radical (unpaired) electrons. The highest BCUT2D eigenvalue weighted by Crippen LogP contribution is 2.42. The number of benzene rings is 2. The van der Waals surface area contributed by atoms with Crippen LogP contribution < -0.4 is 9.64 Å². The number of hydrogen-bond acceptors (Lipinski definition) is 5. The van der Waals surface area contributed by atoms with Gasteiger partial charge in [-0.25, -0.2) is 0 Å². The van der Waals surface area contributed by atoms with Crippen molar-refractivity contribution >= 4 is 39.1 Å². The molecule has 1 aliphatic rings. The van der Waals surface area contributed by atoms with Gasteiger partial charge in [0, 0.05) is 16.2 Å². The van der Waals surface area contributed by atoms with Gasteiger partial charge in [0.2, 0.25) is 0 Å². The Morgan fingerprint density at radius 1 is 1.07 bits per heavy atom. The van der Waals surface area contributed by atoms with E-state index in [2.05, 4.69) is 20.9 Å². The van der Waals surface area contributed by atoms with Crippen molar-refractivity contribution in [3.63, 3.8) is 0 Å². The van der Waals surface area contributed by atoms with Gasteiger partial charge in [-0.1, -0.05) is 40.2 Å². The van der Waals surface area contributed by atoms with Crippen LogP contribution in [0.5, 0.6) is 5.75 Å². The van der Waals surface area contributed by atoms with Gasteiger partial charge in [0.25, 0.3) is 11.7 Å². The van der Waals surface area contributed by atoms with Crippen molar-refractivity contribution in [3.8, 4) is 5.75 Å². The standard InChI is InChI=1S/C23H17BrN2O4/c1-30-18-10-6-14(7-11-18)20-19(21(27)15-4-8-16(24)9-5-15)22(28)23(29)26(20)17-3-2-12-25-13-17/h2-13,20,27H,1H3. The number of carbonyl (C=O) groups excluding carboxylic acids is 2. The van der Waals surface area contributed by atoms with Crippen molar-refractivity contribution in [1.29, 1.82) is 0 Å². The zero-order chi connectivity index (χ0) is 21.3. The van der Waals surface area contributed by atoms with Crippen LogP contribution in [-0.2, 0) is 9.59 Å². The van der Waals surface area contributed by atoms with Crippen molar-refractivity contribution in [2.45, 2.75) is 6.04 Å². The van der Waals surface area contributed by atoms with Gasteiger partial charge in [-0.05, 0) is 42.0 Å². The van der Waals surface area contributed by atoms with Crippen molar-refractivity contribution < 1.29 is 19.4 Å². The number of halogens is 1. The molecule has 0 aliphatic carbocycles. The highest BCUT2D eigenvalue weighted by Gasteiger charge is 2.47. The number of amides is 1. The van der Waals surface area contributed by atoms with E-state index in [0.29, 0.717) is 22.6 Å². The fourth-order valence-electron chi connectivity index (χ4n) is 3.46. The number of ether oxygens (including phenoxy) is 1. The number of methoxy groups -OCH3 is 1. The summed E-state index contributed by atoms with van der Waals surface area (Å²) in [5, 5.41) is 11.0. The maximum atomic E-state index is 13.0. The quantitative estimate of drug-likeness (QED) is 0.349. The van der Waals surface area contributed by atoms with E-state index in [4.69, 9.17) is 4.74 Å². The fourth-order valence-corrected chi connectivity index (χ4v) is 3.72. The number of aromatic nitrogens is 1. The summed E-state index contributed by atoms with van der Waals surface area (Å²) in [5.41, 5.74) is 1.60. The van der Waals surface area contributed by atoms with Gasteiger partial charge >= 0.3 is 0 Å². The van der Waals surface area contributed by atoms with Crippen LogP contribution in [0.1, 0.15) is 17.2 Å². The minimum absolute atomic E-state index is 0.0244. The van der Waals surface area contributed by atoms with Crippen molar-refractivity contribution in [2.75, 3.05) is 12.0 Å². The van der Waals surface area contributed by atoms with Crippen LogP contribution in [0.4, 0.5) is 5.69 Å². The Hall–Kier alpha value is -3.45. The maximum Gasteiger partial charge on any atom is 0.300 e. The van der Waals surface area contributed by atoms with E-state index < -0.39 is 17.7 Å². The number of anilines is 1. The fraction of sp³-hybridized carbons (Fsp3) is 0.0870. The average Bonchev–Trinajstić information content (AvgIpc) is 3.05. The molecule has 1 aromatic heterocycles. The number of Topliss-reactive ketones (excluding diaryl/α,β-unsaturated/α-hetero) is 1. The van der Waals surface area contributed by atoms with Gasteiger partial charge in [-0.2, -0.15) is 0 Å². The Morgan fingerprint density at radius 3 is 2.37 bits per heavy atom. The third-order valence-electron chi connectivity index (χ3n) is 4.92.